The van der Waals surface area contributed by atoms with Crippen molar-refractivity contribution in [3.8, 4) is 0 Å². The molecule has 0 atom stereocenters. The number of carbonyl (C=O) groups excluding carboxylic acids is 2. The number of amides is 1. The zero-order valence-electron chi connectivity index (χ0n) is 8.42. The van der Waals surface area contributed by atoms with Gasteiger partial charge >= 0.3 is 5.97 Å². The molecule has 1 N–H and O–H groups in total. The second kappa shape index (κ2) is 5.72. The molecular weight excluding hydrogens is 253 g/mol. The molecule has 1 aromatic rings. The Labute approximate surface area is 102 Å². The van der Waals surface area contributed by atoms with Gasteiger partial charge in [0.15, 0.2) is 0 Å². The monoisotopic (exact) mass is 261 g/mol. The highest BCUT2D eigenvalue weighted by Gasteiger charge is 2.09. The number of rotatable bonds is 3. The average Bonchev–Trinajstić information content (AvgIpc) is 2.30. The molecule has 0 spiro atoms. The van der Waals surface area contributed by atoms with E-state index >= 15 is 0 Å². The molecule has 86 valence electrons. The van der Waals surface area contributed by atoms with Gasteiger partial charge in [0.25, 0.3) is 0 Å². The highest BCUT2D eigenvalue weighted by molar-refractivity contribution is 6.35. The molecule has 1 aromatic carbocycles. The molecule has 0 aliphatic carbocycles. The molecule has 0 aliphatic heterocycles. The molecule has 0 aromatic heterocycles. The first kappa shape index (κ1) is 12.8. The quantitative estimate of drug-likeness (QED) is 0.671. The van der Waals surface area contributed by atoms with Gasteiger partial charge in [-0.1, -0.05) is 11.6 Å². The zero-order valence-corrected chi connectivity index (χ0v) is 9.93. The standard InChI is InChI=1S/C10H9Cl2NO3/c1-16-10(15)6-2-3-8(7(12)4-6)13-9(14)5-11/h2-4H,5H2,1H3,(H,13,14). The minimum Gasteiger partial charge on any atom is -0.465 e. The van der Waals surface area contributed by atoms with Gasteiger partial charge in [-0.25, -0.2) is 4.79 Å². The van der Waals surface area contributed by atoms with Gasteiger partial charge < -0.3 is 10.1 Å². The summed E-state index contributed by atoms with van der Waals surface area (Å²) in [6.07, 6.45) is 0. The van der Waals surface area contributed by atoms with Crippen LogP contribution in [-0.2, 0) is 9.53 Å². The fourth-order valence-corrected chi connectivity index (χ4v) is 1.34. The van der Waals surface area contributed by atoms with E-state index in [1.807, 2.05) is 0 Å². The summed E-state index contributed by atoms with van der Waals surface area (Å²) in [4.78, 5) is 22.2. The Morgan fingerprint density at radius 2 is 2.12 bits per heavy atom. The molecule has 0 saturated carbocycles. The number of nitrogens with one attached hydrogen (secondary N) is 1. The molecule has 1 amide bonds. The molecule has 0 saturated heterocycles. The molecule has 0 bridgehead atoms. The number of esters is 1. The van der Waals surface area contributed by atoms with Crippen molar-refractivity contribution < 1.29 is 14.3 Å². The largest absolute Gasteiger partial charge is 0.465 e. The SMILES string of the molecule is COC(=O)c1ccc(NC(=O)CCl)c(Cl)c1. The molecule has 0 unspecified atom stereocenters. The van der Waals surface area contributed by atoms with Crippen LogP contribution in [0.4, 0.5) is 5.69 Å². The first-order valence-electron chi connectivity index (χ1n) is 4.32. The number of hydrogen-bond acceptors (Lipinski definition) is 3. The van der Waals surface area contributed by atoms with Gasteiger partial charge in [0.1, 0.15) is 5.88 Å². The molecular formula is C10H9Cl2NO3. The van der Waals surface area contributed by atoms with Gasteiger partial charge in [-0.15, -0.1) is 11.6 Å². The van der Waals surface area contributed by atoms with Gasteiger partial charge in [-0.2, -0.15) is 0 Å². The summed E-state index contributed by atoms with van der Waals surface area (Å²) in [6.45, 7) is 0. The van der Waals surface area contributed by atoms with Crippen LogP contribution in [0.25, 0.3) is 0 Å². The van der Waals surface area contributed by atoms with Crippen LogP contribution in [0.5, 0.6) is 0 Å². The molecule has 0 heterocycles. The molecule has 0 aliphatic rings. The molecule has 4 nitrogen and oxygen atoms in total. The zero-order chi connectivity index (χ0) is 12.1. The van der Waals surface area contributed by atoms with E-state index < -0.39 is 5.97 Å². The molecule has 0 radical (unpaired) electrons. The Morgan fingerprint density at radius 1 is 1.44 bits per heavy atom. The fraction of sp³-hybridized carbons (Fsp3) is 0.200. The van der Waals surface area contributed by atoms with Crippen LogP contribution in [0, 0.1) is 0 Å². The third kappa shape index (κ3) is 3.12. The summed E-state index contributed by atoms with van der Waals surface area (Å²) in [6, 6.07) is 4.43. The maximum Gasteiger partial charge on any atom is 0.337 e. The molecule has 0 fully saturated rings. The van der Waals surface area contributed by atoms with E-state index in [9.17, 15) is 9.59 Å². The number of methoxy groups -OCH3 is 1. The molecule has 1 rings (SSSR count). The summed E-state index contributed by atoms with van der Waals surface area (Å²) < 4.78 is 4.53. The van der Waals surface area contributed by atoms with Crippen molar-refractivity contribution >= 4 is 40.8 Å². The maximum atomic E-state index is 11.2. The third-order valence-corrected chi connectivity index (χ3v) is 2.34. The Morgan fingerprint density at radius 3 is 2.62 bits per heavy atom. The smallest absolute Gasteiger partial charge is 0.337 e. The minimum atomic E-state index is -0.489. The lowest BCUT2D eigenvalue weighted by Gasteiger charge is -2.06. The highest BCUT2D eigenvalue weighted by atomic mass is 35.5. The topological polar surface area (TPSA) is 55.4 Å². The van der Waals surface area contributed by atoms with Crippen LogP contribution in [0.15, 0.2) is 18.2 Å². The van der Waals surface area contributed by atoms with Crippen LogP contribution in [-0.4, -0.2) is 24.9 Å². The lowest BCUT2D eigenvalue weighted by atomic mass is 10.2. The van der Waals surface area contributed by atoms with E-state index in [1.54, 1.807) is 0 Å². The van der Waals surface area contributed by atoms with Crippen molar-refractivity contribution in [2.45, 2.75) is 0 Å². The molecule has 16 heavy (non-hydrogen) atoms. The number of anilines is 1. The normalized spacial score (nSPS) is 9.69. The van der Waals surface area contributed by atoms with Crippen LogP contribution < -0.4 is 5.32 Å². The van der Waals surface area contributed by atoms with Crippen molar-refractivity contribution in [1.29, 1.82) is 0 Å². The van der Waals surface area contributed by atoms with Crippen molar-refractivity contribution in [3.05, 3.63) is 28.8 Å². The predicted molar refractivity (Wildman–Crippen MR) is 62.1 cm³/mol. The van der Waals surface area contributed by atoms with Crippen LogP contribution in [0.2, 0.25) is 5.02 Å². The first-order chi connectivity index (χ1) is 7.58. The van der Waals surface area contributed by atoms with E-state index in [2.05, 4.69) is 10.1 Å². The van der Waals surface area contributed by atoms with E-state index in [0.29, 0.717) is 11.3 Å². The summed E-state index contributed by atoms with van der Waals surface area (Å²) in [5.41, 5.74) is 0.719. The summed E-state index contributed by atoms with van der Waals surface area (Å²) in [7, 11) is 1.28. The minimum absolute atomic E-state index is 0.158. The van der Waals surface area contributed by atoms with Crippen molar-refractivity contribution in [2.24, 2.45) is 0 Å². The van der Waals surface area contributed by atoms with E-state index in [0.717, 1.165) is 0 Å². The fourth-order valence-electron chi connectivity index (χ4n) is 1.04. The van der Waals surface area contributed by atoms with Crippen LogP contribution in [0.1, 0.15) is 10.4 Å². The Kier molecular flexibility index (Phi) is 4.58. The number of carbonyl (C=O) groups is 2. The number of halogens is 2. The third-order valence-electron chi connectivity index (χ3n) is 1.79. The lowest BCUT2D eigenvalue weighted by Crippen LogP contribution is -2.13. The van der Waals surface area contributed by atoms with Gasteiger partial charge in [-0.05, 0) is 18.2 Å². The Bertz CT molecular complexity index is 421. The average molecular weight is 262 g/mol. The molecule has 6 heteroatoms. The number of alkyl halides is 1. The van der Waals surface area contributed by atoms with Gasteiger partial charge in [-0.3, -0.25) is 4.79 Å². The Balaban J connectivity index is 2.91. The van der Waals surface area contributed by atoms with Gasteiger partial charge in [0.05, 0.1) is 23.4 Å². The summed E-state index contributed by atoms with van der Waals surface area (Å²) >= 11 is 11.2. The second-order valence-electron chi connectivity index (χ2n) is 2.87. The lowest BCUT2D eigenvalue weighted by molar-refractivity contribution is -0.113. The van der Waals surface area contributed by atoms with Gasteiger partial charge in [0.2, 0.25) is 5.91 Å². The van der Waals surface area contributed by atoms with Crippen LogP contribution in [0.3, 0.4) is 0 Å². The predicted octanol–water partition coefficient (Wildman–Crippen LogP) is 2.30. The van der Waals surface area contributed by atoms with Crippen molar-refractivity contribution in [2.75, 3.05) is 18.3 Å². The number of ether oxygens (including phenoxy) is 1. The summed E-state index contributed by atoms with van der Waals surface area (Å²) in [5, 5.41) is 2.74. The number of benzene rings is 1. The second-order valence-corrected chi connectivity index (χ2v) is 3.54. The number of hydrogen-bond donors (Lipinski definition) is 1. The van der Waals surface area contributed by atoms with E-state index in [4.69, 9.17) is 23.2 Å². The highest BCUT2D eigenvalue weighted by Crippen LogP contribution is 2.23. The Hall–Kier alpha value is -1.26. The van der Waals surface area contributed by atoms with E-state index in [1.165, 1.54) is 25.3 Å². The summed E-state index contributed by atoms with van der Waals surface area (Å²) in [5.74, 6) is -1.01. The van der Waals surface area contributed by atoms with Crippen molar-refractivity contribution in [1.82, 2.24) is 0 Å². The van der Waals surface area contributed by atoms with Crippen LogP contribution >= 0.6 is 23.2 Å². The van der Waals surface area contributed by atoms with Crippen molar-refractivity contribution in [3.63, 3.8) is 0 Å². The maximum absolute atomic E-state index is 11.2. The first-order valence-corrected chi connectivity index (χ1v) is 5.23. The van der Waals surface area contributed by atoms with Gasteiger partial charge in [0, 0.05) is 0 Å². The van der Waals surface area contributed by atoms with E-state index in [-0.39, 0.29) is 16.8 Å².